The summed E-state index contributed by atoms with van der Waals surface area (Å²) in [5, 5.41) is 3.09. The molecule has 3 heterocycles. The molecule has 0 radical (unpaired) electrons. The van der Waals surface area contributed by atoms with Crippen LogP contribution < -0.4 is 10.2 Å². The SMILES string of the molecule is CN(C)C(CNC(=O)C1CCCN(c2cnccn2)C1)c1ccco1. The first-order valence-electron chi connectivity index (χ1n) is 8.63. The van der Waals surface area contributed by atoms with Crippen molar-refractivity contribution in [2.45, 2.75) is 18.9 Å². The average molecular weight is 343 g/mol. The molecule has 7 nitrogen and oxygen atoms in total. The van der Waals surface area contributed by atoms with Gasteiger partial charge in [0.15, 0.2) is 0 Å². The number of anilines is 1. The van der Waals surface area contributed by atoms with Crippen molar-refractivity contribution >= 4 is 11.7 Å². The largest absolute Gasteiger partial charge is 0.468 e. The lowest BCUT2D eigenvalue weighted by Crippen LogP contribution is -2.45. The monoisotopic (exact) mass is 343 g/mol. The van der Waals surface area contributed by atoms with E-state index in [2.05, 4.69) is 20.2 Å². The second-order valence-corrected chi connectivity index (χ2v) is 6.59. The van der Waals surface area contributed by atoms with Crippen LogP contribution in [0.3, 0.4) is 0 Å². The minimum Gasteiger partial charge on any atom is -0.468 e. The summed E-state index contributed by atoms with van der Waals surface area (Å²) >= 11 is 0. The molecule has 2 aromatic rings. The molecule has 2 aromatic heterocycles. The molecule has 1 saturated heterocycles. The second-order valence-electron chi connectivity index (χ2n) is 6.59. The van der Waals surface area contributed by atoms with Crippen LogP contribution in [0.4, 0.5) is 5.82 Å². The average Bonchev–Trinajstić information content (AvgIpc) is 3.16. The van der Waals surface area contributed by atoms with Crippen molar-refractivity contribution in [1.29, 1.82) is 0 Å². The molecule has 1 aliphatic heterocycles. The van der Waals surface area contributed by atoms with Gasteiger partial charge < -0.3 is 14.6 Å². The van der Waals surface area contributed by atoms with Crippen molar-refractivity contribution in [2.75, 3.05) is 38.6 Å². The van der Waals surface area contributed by atoms with E-state index >= 15 is 0 Å². The zero-order valence-electron chi connectivity index (χ0n) is 14.8. The van der Waals surface area contributed by atoms with Crippen molar-refractivity contribution in [1.82, 2.24) is 20.2 Å². The number of amides is 1. The van der Waals surface area contributed by atoms with Crippen LogP contribution in [0.1, 0.15) is 24.6 Å². The molecule has 25 heavy (non-hydrogen) atoms. The van der Waals surface area contributed by atoms with E-state index in [1.54, 1.807) is 24.9 Å². The van der Waals surface area contributed by atoms with Gasteiger partial charge in [0.1, 0.15) is 11.6 Å². The quantitative estimate of drug-likeness (QED) is 0.861. The van der Waals surface area contributed by atoms with Gasteiger partial charge in [-0.15, -0.1) is 0 Å². The molecule has 0 spiro atoms. The van der Waals surface area contributed by atoms with Crippen LogP contribution in [-0.4, -0.2) is 54.5 Å². The van der Waals surface area contributed by atoms with Crippen LogP contribution in [0, 0.1) is 5.92 Å². The minimum absolute atomic E-state index is 0.0265. The van der Waals surface area contributed by atoms with Gasteiger partial charge in [0.2, 0.25) is 5.91 Å². The predicted octanol–water partition coefficient (Wildman–Crippen LogP) is 1.71. The van der Waals surface area contributed by atoms with Gasteiger partial charge in [0, 0.05) is 32.0 Å². The van der Waals surface area contributed by atoms with Crippen LogP contribution in [0.25, 0.3) is 0 Å². The van der Waals surface area contributed by atoms with E-state index < -0.39 is 0 Å². The Morgan fingerprint density at radius 2 is 2.36 bits per heavy atom. The zero-order valence-corrected chi connectivity index (χ0v) is 14.8. The molecule has 0 saturated carbocycles. The minimum atomic E-state index is -0.0323. The smallest absolute Gasteiger partial charge is 0.224 e. The van der Waals surface area contributed by atoms with Gasteiger partial charge in [0.25, 0.3) is 0 Å². The van der Waals surface area contributed by atoms with Crippen LogP contribution in [0.5, 0.6) is 0 Å². The highest BCUT2D eigenvalue weighted by Crippen LogP contribution is 2.22. The molecule has 0 aromatic carbocycles. The van der Waals surface area contributed by atoms with Crippen LogP contribution in [-0.2, 0) is 4.79 Å². The number of likely N-dealkylation sites (N-methyl/N-ethyl adjacent to an activating group) is 1. The highest BCUT2D eigenvalue weighted by molar-refractivity contribution is 5.79. The Morgan fingerprint density at radius 3 is 3.04 bits per heavy atom. The maximum atomic E-state index is 12.6. The van der Waals surface area contributed by atoms with Crippen molar-refractivity contribution in [3.63, 3.8) is 0 Å². The maximum absolute atomic E-state index is 12.6. The molecular weight excluding hydrogens is 318 g/mol. The maximum Gasteiger partial charge on any atom is 0.224 e. The Labute approximate surface area is 148 Å². The summed E-state index contributed by atoms with van der Waals surface area (Å²) < 4.78 is 5.49. The standard InChI is InChI=1S/C18H25N5O2/c1-22(2)15(16-6-4-10-25-16)11-21-18(24)14-5-3-9-23(13-14)17-12-19-7-8-20-17/h4,6-8,10,12,14-15H,3,5,9,11,13H2,1-2H3,(H,21,24). The molecule has 1 N–H and O–H groups in total. The van der Waals surface area contributed by atoms with Gasteiger partial charge in [-0.2, -0.15) is 0 Å². The van der Waals surface area contributed by atoms with E-state index in [1.807, 2.05) is 31.1 Å². The first-order chi connectivity index (χ1) is 12.1. The Bertz CT molecular complexity index is 659. The Balaban J connectivity index is 1.57. The fourth-order valence-electron chi connectivity index (χ4n) is 3.21. The summed E-state index contributed by atoms with van der Waals surface area (Å²) in [5.41, 5.74) is 0. The van der Waals surface area contributed by atoms with E-state index in [-0.39, 0.29) is 17.9 Å². The summed E-state index contributed by atoms with van der Waals surface area (Å²) in [4.78, 5) is 25.3. The van der Waals surface area contributed by atoms with Crippen LogP contribution in [0.15, 0.2) is 41.4 Å². The zero-order chi connectivity index (χ0) is 17.6. The number of aromatic nitrogens is 2. The summed E-state index contributed by atoms with van der Waals surface area (Å²) in [5.74, 6) is 1.75. The first kappa shape index (κ1) is 17.4. The van der Waals surface area contributed by atoms with Crippen molar-refractivity contribution in [3.05, 3.63) is 42.7 Å². The number of hydrogen-bond donors (Lipinski definition) is 1. The lowest BCUT2D eigenvalue weighted by atomic mass is 9.97. The molecular formula is C18H25N5O2. The number of carbonyl (C=O) groups is 1. The molecule has 2 atom stereocenters. The summed E-state index contributed by atoms with van der Waals surface area (Å²) in [6, 6.07) is 3.83. The topological polar surface area (TPSA) is 74.5 Å². The molecule has 7 heteroatoms. The lowest BCUT2D eigenvalue weighted by molar-refractivity contribution is -0.125. The van der Waals surface area contributed by atoms with Gasteiger partial charge in [0.05, 0.1) is 24.4 Å². The number of nitrogens with zero attached hydrogens (tertiary/aromatic N) is 4. The first-order valence-corrected chi connectivity index (χ1v) is 8.63. The Kier molecular flexibility index (Phi) is 5.65. The van der Waals surface area contributed by atoms with Crippen molar-refractivity contribution in [3.8, 4) is 0 Å². The molecule has 3 rings (SSSR count). The molecule has 1 aliphatic rings. The number of piperidine rings is 1. The molecule has 2 unspecified atom stereocenters. The summed E-state index contributed by atoms with van der Waals surface area (Å²) in [7, 11) is 3.96. The van der Waals surface area contributed by atoms with Gasteiger partial charge in [-0.3, -0.25) is 14.7 Å². The highest BCUT2D eigenvalue weighted by atomic mass is 16.3. The normalized spacial score (nSPS) is 19.0. The van der Waals surface area contributed by atoms with Crippen molar-refractivity contribution < 1.29 is 9.21 Å². The van der Waals surface area contributed by atoms with Gasteiger partial charge >= 0.3 is 0 Å². The molecule has 0 aliphatic carbocycles. The number of hydrogen-bond acceptors (Lipinski definition) is 6. The third-order valence-electron chi connectivity index (χ3n) is 4.63. The summed E-state index contributed by atoms with van der Waals surface area (Å²) in [6.45, 7) is 2.12. The predicted molar refractivity (Wildman–Crippen MR) is 95.1 cm³/mol. The number of furan rings is 1. The highest BCUT2D eigenvalue weighted by Gasteiger charge is 2.27. The van der Waals surface area contributed by atoms with Gasteiger partial charge in [-0.1, -0.05) is 0 Å². The fraction of sp³-hybridized carbons (Fsp3) is 0.500. The number of rotatable bonds is 6. The summed E-state index contributed by atoms with van der Waals surface area (Å²) in [6.07, 6.45) is 8.63. The lowest BCUT2D eigenvalue weighted by Gasteiger charge is -2.33. The Hall–Kier alpha value is -2.41. The second kappa shape index (κ2) is 8.11. The molecule has 0 bridgehead atoms. The number of nitrogens with one attached hydrogen (secondary N) is 1. The fourth-order valence-corrected chi connectivity index (χ4v) is 3.21. The Morgan fingerprint density at radius 1 is 1.48 bits per heavy atom. The van der Waals surface area contributed by atoms with E-state index in [9.17, 15) is 4.79 Å². The van der Waals surface area contributed by atoms with Crippen molar-refractivity contribution in [2.24, 2.45) is 5.92 Å². The van der Waals surface area contributed by atoms with Crippen LogP contribution in [0.2, 0.25) is 0 Å². The van der Waals surface area contributed by atoms with E-state index in [4.69, 9.17) is 4.42 Å². The molecule has 1 amide bonds. The van der Waals surface area contributed by atoms with E-state index in [0.29, 0.717) is 13.1 Å². The van der Waals surface area contributed by atoms with Crippen LogP contribution >= 0.6 is 0 Å². The molecule has 134 valence electrons. The van der Waals surface area contributed by atoms with E-state index in [1.165, 1.54) is 0 Å². The molecule has 1 fully saturated rings. The van der Waals surface area contributed by atoms with Gasteiger partial charge in [-0.25, -0.2) is 4.98 Å². The van der Waals surface area contributed by atoms with Gasteiger partial charge in [-0.05, 0) is 39.1 Å². The third-order valence-corrected chi connectivity index (χ3v) is 4.63. The van der Waals surface area contributed by atoms with E-state index in [0.717, 1.165) is 31.0 Å². The third kappa shape index (κ3) is 4.36. The number of carbonyl (C=O) groups excluding carboxylic acids is 1.